The lowest BCUT2D eigenvalue weighted by atomic mass is 9.90. The fourth-order valence-corrected chi connectivity index (χ4v) is 4.95. The van der Waals surface area contributed by atoms with Gasteiger partial charge >= 0.3 is 5.91 Å². The van der Waals surface area contributed by atoms with Gasteiger partial charge in [-0.2, -0.15) is 4.58 Å². The molecule has 3 rings (SSSR count). The number of hydroxylamine groups is 1. The predicted molar refractivity (Wildman–Crippen MR) is 158 cm³/mol. The first-order valence-electron chi connectivity index (χ1n) is 13.9. The van der Waals surface area contributed by atoms with E-state index in [0.29, 0.717) is 13.0 Å². The van der Waals surface area contributed by atoms with Crippen LogP contribution in [0.25, 0.3) is 0 Å². The van der Waals surface area contributed by atoms with Crippen LogP contribution in [0.2, 0.25) is 0 Å². The van der Waals surface area contributed by atoms with Crippen molar-refractivity contribution in [3.63, 3.8) is 0 Å². The number of carbonyl (C=O) groups excluding carboxylic acids is 1. The third-order valence-corrected chi connectivity index (χ3v) is 6.90. The lowest BCUT2D eigenvalue weighted by Gasteiger charge is -2.17. The molecule has 0 spiro atoms. The van der Waals surface area contributed by atoms with E-state index < -0.39 is 6.23 Å². The first-order valence-corrected chi connectivity index (χ1v) is 13.9. The number of amides is 1. The number of carbonyl (C=O) groups is 1. The van der Waals surface area contributed by atoms with Gasteiger partial charge in [-0.25, -0.2) is 20.1 Å². The Morgan fingerprint density at radius 2 is 2.13 bits per heavy atom. The molecule has 8 heteroatoms. The Kier molecular flexibility index (Phi) is 11.1. The number of fused-ring (bicyclic) bond motifs is 1. The standard InChI is InChI=1S/C31H46N5O3/c1-9-28(38-21(2)3)27(32-5)18-17-22(4)31-33-30(34-39-31)26-16-12-15-24-23(13-10-11-14-25(24)26)19-36(8)29(37)20-35(6)7/h9,12,15-16,18-19,21,23,31-32H,4,10-11,13-14,17,20H2,1-3,5-8H3,(H,33,34)/q+1. The van der Waals surface area contributed by atoms with E-state index in [9.17, 15) is 4.79 Å². The zero-order valence-corrected chi connectivity index (χ0v) is 24.7. The van der Waals surface area contributed by atoms with Crippen LogP contribution in [0.3, 0.4) is 0 Å². The number of allylic oxidation sites excluding steroid dienone is 2. The number of ether oxygens (including phenoxy) is 1. The highest BCUT2D eigenvalue weighted by Crippen LogP contribution is 2.32. The average molecular weight is 537 g/mol. The SMILES string of the molecule is C=C(CC=C(NC)C(=CC)OC(C)C)C1N=C(c2cccc3c2CCCCC3C=[N+](C)C(=O)CN(C)C)NO1. The van der Waals surface area contributed by atoms with Crippen molar-refractivity contribution in [3.8, 4) is 0 Å². The van der Waals surface area contributed by atoms with Gasteiger partial charge in [-0.05, 0) is 83.3 Å². The Morgan fingerprint density at radius 3 is 2.79 bits per heavy atom. The molecular weight excluding hydrogens is 490 g/mol. The third kappa shape index (κ3) is 8.13. The molecule has 1 aromatic carbocycles. The van der Waals surface area contributed by atoms with E-state index in [1.54, 1.807) is 4.58 Å². The molecule has 1 aromatic rings. The maximum absolute atomic E-state index is 12.6. The molecule has 2 atom stereocenters. The van der Waals surface area contributed by atoms with Crippen molar-refractivity contribution in [3.05, 3.63) is 70.6 Å². The zero-order valence-electron chi connectivity index (χ0n) is 24.7. The largest absolute Gasteiger partial charge is 0.489 e. The molecule has 0 saturated carbocycles. The van der Waals surface area contributed by atoms with Crippen molar-refractivity contribution in [1.29, 1.82) is 0 Å². The summed E-state index contributed by atoms with van der Waals surface area (Å²) >= 11 is 0. The first kappa shape index (κ1) is 30.3. The van der Waals surface area contributed by atoms with Crippen molar-refractivity contribution in [1.82, 2.24) is 15.7 Å². The molecule has 2 aliphatic rings. The summed E-state index contributed by atoms with van der Waals surface area (Å²) in [6.07, 6.45) is 10.5. The van der Waals surface area contributed by atoms with Crippen molar-refractivity contribution in [2.24, 2.45) is 4.99 Å². The highest BCUT2D eigenvalue weighted by molar-refractivity contribution is 6.01. The minimum atomic E-state index is -0.479. The summed E-state index contributed by atoms with van der Waals surface area (Å²) in [5, 5.41) is 3.22. The Bertz CT molecular complexity index is 1160. The van der Waals surface area contributed by atoms with Crippen LogP contribution in [-0.2, 0) is 20.8 Å². The number of rotatable bonds is 11. The average Bonchev–Trinajstić information content (AvgIpc) is 3.30. The van der Waals surface area contributed by atoms with Gasteiger partial charge in [0.2, 0.25) is 0 Å². The van der Waals surface area contributed by atoms with Crippen LogP contribution in [0.1, 0.15) is 69.1 Å². The maximum Gasteiger partial charge on any atom is 0.400 e. The van der Waals surface area contributed by atoms with Crippen LogP contribution >= 0.6 is 0 Å². The molecule has 1 amide bonds. The van der Waals surface area contributed by atoms with Crippen LogP contribution in [-0.4, -0.2) is 74.5 Å². The molecular formula is C31H46N5O3+. The summed E-state index contributed by atoms with van der Waals surface area (Å²) < 4.78 is 7.66. The molecule has 0 fully saturated rings. The highest BCUT2D eigenvalue weighted by Gasteiger charge is 2.28. The number of benzene rings is 1. The van der Waals surface area contributed by atoms with Crippen molar-refractivity contribution in [2.75, 3.05) is 34.7 Å². The molecule has 0 radical (unpaired) electrons. The van der Waals surface area contributed by atoms with E-state index in [4.69, 9.17) is 14.6 Å². The number of amidine groups is 1. The van der Waals surface area contributed by atoms with Crippen molar-refractivity contribution < 1.29 is 18.9 Å². The molecule has 1 aliphatic heterocycles. The lowest BCUT2D eigenvalue weighted by Crippen LogP contribution is -2.30. The second kappa shape index (κ2) is 14.2. The van der Waals surface area contributed by atoms with Gasteiger partial charge < -0.3 is 10.1 Å². The van der Waals surface area contributed by atoms with E-state index in [2.05, 4.69) is 47.9 Å². The minimum Gasteiger partial charge on any atom is -0.489 e. The summed E-state index contributed by atoms with van der Waals surface area (Å²) in [4.78, 5) is 25.2. The highest BCUT2D eigenvalue weighted by atomic mass is 16.7. The molecule has 39 heavy (non-hydrogen) atoms. The Labute approximate surface area is 234 Å². The van der Waals surface area contributed by atoms with E-state index >= 15 is 0 Å². The molecule has 2 unspecified atom stereocenters. The number of aliphatic imine (C=N–C) groups is 1. The number of hydrogen-bond acceptors (Lipinski definition) is 7. The Morgan fingerprint density at radius 1 is 1.36 bits per heavy atom. The van der Waals surface area contributed by atoms with E-state index in [1.165, 1.54) is 11.1 Å². The van der Waals surface area contributed by atoms with Gasteiger partial charge in [-0.15, -0.1) is 0 Å². The van der Waals surface area contributed by atoms with Crippen LogP contribution in [0.5, 0.6) is 0 Å². The van der Waals surface area contributed by atoms with Gasteiger partial charge in [0, 0.05) is 12.6 Å². The Hall–Kier alpha value is -3.23. The lowest BCUT2D eigenvalue weighted by molar-refractivity contribution is -0.416. The summed E-state index contributed by atoms with van der Waals surface area (Å²) in [5.74, 6) is 1.80. The monoisotopic (exact) mass is 536 g/mol. The van der Waals surface area contributed by atoms with Crippen LogP contribution in [0.4, 0.5) is 0 Å². The van der Waals surface area contributed by atoms with Crippen LogP contribution < -0.4 is 10.8 Å². The van der Waals surface area contributed by atoms with Gasteiger partial charge in [-0.1, -0.05) is 37.3 Å². The van der Waals surface area contributed by atoms with Gasteiger partial charge in [0.05, 0.1) is 17.7 Å². The van der Waals surface area contributed by atoms with Crippen LogP contribution in [0.15, 0.2) is 59.0 Å². The van der Waals surface area contributed by atoms with Crippen molar-refractivity contribution >= 4 is 18.0 Å². The molecule has 0 aromatic heterocycles. The molecule has 212 valence electrons. The quantitative estimate of drug-likeness (QED) is 0.110. The molecule has 2 N–H and O–H groups in total. The first-order chi connectivity index (χ1) is 18.6. The number of nitrogens with one attached hydrogen (secondary N) is 2. The summed E-state index contributed by atoms with van der Waals surface area (Å²) in [6.45, 7) is 10.6. The van der Waals surface area contributed by atoms with Crippen molar-refractivity contribution in [2.45, 2.75) is 71.1 Å². The number of likely N-dealkylation sites (N-methyl/N-ethyl adjacent to an activating group) is 3. The second-order valence-electron chi connectivity index (χ2n) is 10.7. The fourth-order valence-electron chi connectivity index (χ4n) is 4.95. The molecule has 1 heterocycles. The van der Waals surface area contributed by atoms with Gasteiger partial charge in [0.25, 0.3) is 0 Å². The minimum absolute atomic E-state index is 0.0859. The summed E-state index contributed by atoms with van der Waals surface area (Å²) in [7, 11) is 7.56. The fraction of sp³-hybridized carbons (Fsp3) is 0.516. The predicted octanol–water partition coefficient (Wildman–Crippen LogP) is 4.28. The normalized spacial score (nSPS) is 20.3. The second-order valence-corrected chi connectivity index (χ2v) is 10.7. The van der Waals surface area contributed by atoms with Gasteiger partial charge in [0.1, 0.15) is 19.4 Å². The number of hydrogen-bond donors (Lipinski definition) is 2. The summed E-state index contributed by atoms with van der Waals surface area (Å²) in [5.41, 5.74) is 8.40. The Balaban J connectivity index is 1.81. The third-order valence-electron chi connectivity index (χ3n) is 6.90. The van der Waals surface area contributed by atoms with Gasteiger partial charge in [0.15, 0.2) is 18.3 Å². The van der Waals surface area contributed by atoms with Crippen LogP contribution in [0, 0.1) is 0 Å². The molecule has 1 aliphatic carbocycles. The van der Waals surface area contributed by atoms with Gasteiger partial charge in [-0.3, -0.25) is 4.90 Å². The maximum atomic E-state index is 12.6. The summed E-state index contributed by atoms with van der Waals surface area (Å²) in [6, 6.07) is 6.36. The molecule has 0 saturated heterocycles. The smallest absolute Gasteiger partial charge is 0.400 e. The molecule has 8 nitrogen and oxygen atoms in total. The zero-order chi connectivity index (χ0) is 28.5. The van der Waals surface area contributed by atoms with E-state index in [1.807, 2.05) is 59.9 Å². The molecule has 0 bridgehead atoms. The van der Waals surface area contributed by atoms with E-state index in [0.717, 1.165) is 54.1 Å². The van der Waals surface area contributed by atoms with E-state index in [-0.39, 0.29) is 17.9 Å². The topological polar surface area (TPSA) is 78.2 Å². The number of nitrogens with zero attached hydrogens (tertiary/aromatic N) is 3.